The summed E-state index contributed by atoms with van der Waals surface area (Å²) in [6, 6.07) is 8.10. The molecule has 2 aromatic rings. The summed E-state index contributed by atoms with van der Waals surface area (Å²) in [6.07, 6.45) is 0.864. The van der Waals surface area contributed by atoms with E-state index in [0.29, 0.717) is 0 Å². The molecule has 1 aromatic carbocycles. The maximum absolute atomic E-state index is 12.2. The van der Waals surface area contributed by atoms with Gasteiger partial charge in [-0.3, -0.25) is 4.79 Å². The Morgan fingerprint density at radius 1 is 1.19 bits per heavy atom. The molecule has 3 nitrogen and oxygen atoms in total. The zero-order valence-corrected chi connectivity index (χ0v) is 9.53. The van der Waals surface area contributed by atoms with Gasteiger partial charge in [0, 0.05) is 31.6 Å². The first-order valence-corrected chi connectivity index (χ1v) is 5.52. The maximum Gasteiger partial charge on any atom is 0.256 e. The van der Waals surface area contributed by atoms with E-state index < -0.39 is 0 Å². The number of likely N-dealkylation sites (N-methyl/N-ethyl adjacent to an activating group) is 1. The normalized spacial score (nSPS) is 14.5. The predicted octanol–water partition coefficient (Wildman–Crippen LogP) is 1.53. The van der Waals surface area contributed by atoms with Gasteiger partial charge in [0.05, 0.1) is 11.2 Å². The fourth-order valence-corrected chi connectivity index (χ4v) is 2.59. The van der Waals surface area contributed by atoms with Crippen LogP contribution in [0.15, 0.2) is 29.1 Å². The second-order valence-corrected chi connectivity index (χ2v) is 4.38. The van der Waals surface area contributed by atoms with Crippen molar-refractivity contribution in [2.24, 2.45) is 7.05 Å². The minimum absolute atomic E-state index is 0.151. The van der Waals surface area contributed by atoms with Gasteiger partial charge in [-0.05, 0) is 12.5 Å². The minimum Gasteiger partial charge on any atom is -0.373 e. The van der Waals surface area contributed by atoms with Crippen LogP contribution in [0.25, 0.3) is 10.9 Å². The van der Waals surface area contributed by atoms with Crippen molar-refractivity contribution in [3.63, 3.8) is 0 Å². The van der Waals surface area contributed by atoms with E-state index in [9.17, 15) is 4.79 Å². The molecular weight excluding hydrogens is 200 g/mol. The molecule has 3 heteroatoms. The number of benzene rings is 1. The molecule has 0 fully saturated rings. The van der Waals surface area contributed by atoms with Gasteiger partial charge in [-0.2, -0.15) is 0 Å². The van der Waals surface area contributed by atoms with Crippen molar-refractivity contribution in [1.29, 1.82) is 0 Å². The number of hydrogen-bond donors (Lipinski definition) is 0. The molecule has 1 aromatic heterocycles. The van der Waals surface area contributed by atoms with Crippen LogP contribution in [-0.4, -0.2) is 18.2 Å². The summed E-state index contributed by atoms with van der Waals surface area (Å²) in [7, 11) is 3.90. The van der Waals surface area contributed by atoms with Crippen LogP contribution in [0, 0.1) is 0 Å². The largest absolute Gasteiger partial charge is 0.373 e. The van der Waals surface area contributed by atoms with Crippen LogP contribution in [0.5, 0.6) is 0 Å². The second-order valence-electron chi connectivity index (χ2n) is 4.38. The van der Waals surface area contributed by atoms with Crippen LogP contribution in [0.4, 0.5) is 5.69 Å². The summed E-state index contributed by atoms with van der Waals surface area (Å²) in [5.74, 6) is 0. The van der Waals surface area contributed by atoms with E-state index in [1.807, 2.05) is 25.2 Å². The third-order valence-corrected chi connectivity index (χ3v) is 3.45. The molecule has 3 rings (SSSR count). The fourth-order valence-electron chi connectivity index (χ4n) is 2.59. The second kappa shape index (κ2) is 3.11. The number of fused-ring (bicyclic) bond motifs is 3. The zero-order chi connectivity index (χ0) is 11.3. The van der Waals surface area contributed by atoms with Crippen molar-refractivity contribution in [3.8, 4) is 0 Å². The van der Waals surface area contributed by atoms with Gasteiger partial charge in [0.2, 0.25) is 0 Å². The molecule has 0 atom stereocenters. The Morgan fingerprint density at radius 3 is 2.75 bits per heavy atom. The van der Waals surface area contributed by atoms with Crippen molar-refractivity contribution in [3.05, 3.63) is 40.2 Å². The molecule has 0 N–H and O–H groups in total. The molecule has 1 aliphatic rings. The number of pyridine rings is 1. The SMILES string of the molecule is CN1CCc2c1c1ccccc1n(C)c2=O. The first-order chi connectivity index (χ1) is 7.70. The fraction of sp³-hybridized carbons (Fsp3) is 0.308. The molecule has 0 unspecified atom stereocenters. The molecule has 0 aliphatic carbocycles. The average Bonchev–Trinajstić information content (AvgIpc) is 2.69. The van der Waals surface area contributed by atoms with Gasteiger partial charge in [0.1, 0.15) is 0 Å². The summed E-state index contributed by atoms with van der Waals surface area (Å²) in [6.45, 7) is 0.943. The summed E-state index contributed by atoms with van der Waals surface area (Å²) in [5.41, 5.74) is 3.25. The predicted molar refractivity (Wildman–Crippen MR) is 66.2 cm³/mol. The molecule has 0 bridgehead atoms. The first-order valence-electron chi connectivity index (χ1n) is 5.52. The van der Waals surface area contributed by atoms with E-state index in [-0.39, 0.29) is 5.56 Å². The van der Waals surface area contributed by atoms with Gasteiger partial charge < -0.3 is 9.47 Å². The highest BCUT2D eigenvalue weighted by atomic mass is 16.1. The number of nitrogens with zero attached hydrogens (tertiary/aromatic N) is 2. The number of hydrogen-bond acceptors (Lipinski definition) is 2. The zero-order valence-electron chi connectivity index (χ0n) is 9.53. The Balaban J connectivity index is 2.56. The Bertz CT molecular complexity index is 628. The molecule has 0 saturated carbocycles. The van der Waals surface area contributed by atoms with Crippen molar-refractivity contribution in [2.75, 3.05) is 18.5 Å². The van der Waals surface area contributed by atoms with Crippen molar-refractivity contribution >= 4 is 16.6 Å². The Labute approximate surface area is 93.9 Å². The van der Waals surface area contributed by atoms with Crippen molar-refractivity contribution in [2.45, 2.75) is 6.42 Å². The summed E-state index contributed by atoms with van der Waals surface area (Å²) < 4.78 is 1.76. The number of anilines is 1. The molecule has 82 valence electrons. The Hall–Kier alpha value is -1.77. The van der Waals surface area contributed by atoms with Crippen LogP contribution >= 0.6 is 0 Å². The lowest BCUT2D eigenvalue weighted by atomic mass is 10.1. The molecule has 16 heavy (non-hydrogen) atoms. The Kier molecular flexibility index (Phi) is 1.84. The van der Waals surface area contributed by atoms with Crippen molar-refractivity contribution in [1.82, 2.24) is 4.57 Å². The van der Waals surface area contributed by atoms with Crippen molar-refractivity contribution < 1.29 is 0 Å². The van der Waals surface area contributed by atoms with Gasteiger partial charge in [-0.1, -0.05) is 18.2 Å². The molecular formula is C13H14N2O. The number of aryl methyl sites for hydroxylation is 1. The number of rotatable bonds is 0. The van der Waals surface area contributed by atoms with Crippen LogP contribution in [0.3, 0.4) is 0 Å². The van der Waals surface area contributed by atoms with Gasteiger partial charge in [0.15, 0.2) is 0 Å². The highest BCUT2D eigenvalue weighted by molar-refractivity contribution is 5.94. The van der Waals surface area contributed by atoms with E-state index in [1.54, 1.807) is 4.57 Å². The average molecular weight is 214 g/mol. The molecule has 2 heterocycles. The lowest BCUT2D eigenvalue weighted by molar-refractivity contribution is 0.881. The van der Waals surface area contributed by atoms with Crippen LogP contribution in [-0.2, 0) is 13.5 Å². The van der Waals surface area contributed by atoms with Gasteiger partial charge in [-0.25, -0.2) is 0 Å². The van der Waals surface area contributed by atoms with E-state index in [2.05, 4.69) is 18.0 Å². The quantitative estimate of drug-likeness (QED) is 0.664. The van der Waals surface area contributed by atoms with Gasteiger partial charge in [0.25, 0.3) is 5.56 Å². The van der Waals surface area contributed by atoms with E-state index in [4.69, 9.17) is 0 Å². The van der Waals surface area contributed by atoms with E-state index in [1.165, 1.54) is 5.39 Å². The summed E-state index contributed by atoms with van der Waals surface area (Å²) >= 11 is 0. The topological polar surface area (TPSA) is 25.2 Å². The van der Waals surface area contributed by atoms with Crippen LogP contribution in [0.2, 0.25) is 0 Å². The number of para-hydroxylation sites is 1. The van der Waals surface area contributed by atoms with E-state index >= 15 is 0 Å². The highest BCUT2D eigenvalue weighted by Crippen LogP contribution is 2.31. The van der Waals surface area contributed by atoms with E-state index in [0.717, 1.165) is 29.7 Å². The minimum atomic E-state index is 0.151. The third kappa shape index (κ3) is 1.06. The van der Waals surface area contributed by atoms with Crippen LogP contribution in [0.1, 0.15) is 5.56 Å². The standard InChI is InChI=1S/C13H14N2O/c1-14-8-7-10-12(14)9-5-3-4-6-11(9)15(2)13(10)16/h3-6H,7-8H2,1-2H3. The third-order valence-electron chi connectivity index (χ3n) is 3.45. The molecule has 0 spiro atoms. The van der Waals surface area contributed by atoms with Gasteiger partial charge >= 0.3 is 0 Å². The van der Waals surface area contributed by atoms with Gasteiger partial charge in [-0.15, -0.1) is 0 Å². The lowest BCUT2D eigenvalue weighted by Crippen LogP contribution is -2.21. The highest BCUT2D eigenvalue weighted by Gasteiger charge is 2.22. The molecule has 1 aliphatic heterocycles. The molecule has 0 radical (unpaired) electrons. The number of aromatic nitrogens is 1. The first kappa shape index (κ1) is 9.46. The molecule has 0 amide bonds. The lowest BCUT2D eigenvalue weighted by Gasteiger charge is -2.16. The maximum atomic E-state index is 12.2. The monoisotopic (exact) mass is 214 g/mol. The Morgan fingerprint density at radius 2 is 1.94 bits per heavy atom. The smallest absolute Gasteiger partial charge is 0.256 e. The molecule has 0 saturated heterocycles. The summed E-state index contributed by atoms with van der Waals surface area (Å²) in [5, 5.41) is 1.18. The summed E-state index contributed by atoms with van der Waals surface area (Å²) in [4.78, 5) is 14.3. The van der Waals surface area contributed by atoms with Crippen LogP contribution < -0.4 is 10.5 Å².